The summed E-state index contributed by atoms with van der Waals surface area (Å²) in [6.07, 6.45) is 0.587. The topological polar surface area (TPSA) is 78.9 Å². The normalized spacial score (nSPS) is 8.89. The number of nitrogens with zero attached hydrogens (tertiary/aromatic N) is 1. The summed E-state index contributed by atoms with van der Waals surface area (Å²) in [7, 11) is 0. The van der Waals surface area contributed by atoms with E-state index >= 15 is 0 Å². The molecular formula is C15H16N3O+. The minimum absolute atomic E-state index is 0.209. The predicted molar refractivity (Wildman–Crippen MR) is 74.1 cm³/mol. The number of benzene rings is 2. The maximum atomic E-state index is 11.0. The molecule has 0 unspecified atom stereocenters. The van der Waals surface area contributed by atoms with Crippen molar-refractivity contribution in [1.82, 2.24) is 4.91 Å². The molecule has 0 saturated carbocycles. The first-order chi connectivity index (χ1) is 9.22. The van der Waals surface area contributed by atoms with Crippen LogP contribution in [0.15, 0.2) is 54.6 Å². The largest absolute Gasteiger partial charge is 0.294 e. The number of nitrogens with one attached hydrogen (secondary N) is 2. The Kier molecular flexibility index (Phi) is 5.86. The minimum Gasteiger partial charge on any atom is -0.294 e. The van der Waals surface area contributed by atoms with Gasteiger partial charge in [-0.25, -0.2) is 0 Å². The number of rotatable bonds is 2. The molecule has 0 aromatic heterocycles. The third kappa shape index (κ3) is 4.30. The maximum Gasteiger partial charge on any atom is 0.211 e. The molecule has 2 N–H and O–H groups in total. The van der Waals surface area contributed by atoms with E-state index in [0.717, 1.165) is 5.56 Å². The predicted octanol–water partition coefficient (Wildman–Crippen LogP) is 4.06. The van der Waals surface area contributed by atoms with Gasteiger partial charge in [0.15, 0.2) is 5.78 Å². The summed E-state index contributed by atoms with van der Waals surface area (Å²) in [6, 6.07) is 17.8. The second-order valence-electron chi connectivity index (χ2n) is 3.83. The van der Waals surface area contributed by atoms with Gasteiger partial charge in [0.25, 0.3) is 0 Å². The van der Waals surface area contributed by atoms with Gasteiger partial charge in [0.2, 0.25) is 4.91 Å². The quantitative estimate of drug-likeness (QED) is 0.403. The van der Waals surface area contributed by atoms with Crippen molar-refractivity contribution < 1.29 is 4.79 Å². The third-order valence-electron chi connectivity index (χ3n) is 2.64. The molecule has 0 spiro atoms. The summed E-state index contributed by atoms with van der Waals surface area (Å²) in [5, 5.41) is 0. The first-order valence-electron chi connectivity index (χ1n) is 5.94. The standard InChI is InChI=1S/C9H10O.C6H4.H2N3/c1-2-9(10)8-6-4-3-5-7-8;1-2-6-4-3-5(1)6;1-3-2/h3-7H,2H2,1H3;1-4H;1-2H/q;;+1. The van der Waals surface area contributed by atoms with E-state index in [1.165, 1.54) is 11.1 Å². The number of carbonyl (C=O) groups excluding carboxylic acids is 1. The fourth-order valence-electron chi connectivity index (χ4n) is 1.49. The molecule has 0 amide bonds. The Labute approximate surface area is 112 Å². The van der Waals surface area contributed by atoms with Crippen LogP contribution in [0.3, 0.4) is 0 Å². The van der Waals surface area contributed by atoms with E-state index in [1.54, 1.807) is 0 Å². The van der Waals surface area contributed by atoms with Crippen molar-refractivity contribution in [2.24, 2.45) is 0 Å². The van der Waals surface area contributed by atoms with E-state index in [4.69, 9.17) is 11.1 Å². The molecule has 19 heavy (non-hydrogen) atoms. The third-order valence-corrected chi connectivity index (χ3v) is 2.64. The van der Waals surface area contributed by atoms with Crippen LogP contribution in [0.1, 0.15) is 23.7 Å². The van der Waals surface area contributed by atoms with Gasteiger partial charge >= 0.3 is 0 Å². The molecule has 4 nitrogen and oxygen atoms in total. The van der Waals surface area contributed by atoms with Crippen molar-refractivity contribution in [1.29, 1.82) is 11.1 Å². The van der Waals surface area contributed by atoms with Gasteiger partial charge < -0.3 is 0 Å². The molecule has 0 heterocycles. The van der Waals surface area contributed by atoms with Gasteiger partial charge in [-0.15, -0.1) is 0 Å². The van der Waals surface area contributed by atoms with E-state index in [9.17, 15) is 4.79 Å². The Morgan fingerprint density at radius 3 is 1.63 bits per heavy atom. The molecule has 1 aromatic rings. The molecule has 3 rings (SSSR count). The van der Waals surface area contributed by atoms with Crippen LogP contribution in [0.25, 0.3) is 11.1 Å². The van der Waals surface area contributed by atoms with Crippen LogP contribution in [-0.2, 0) is 0 Å². The minimum atomic E-state index is 0.209. The van der Waals surface area contributed by atoms with Crippen LogP contribution in [0.2, 0.25) is 0 Å². The Morgan fingerprint density at radius 2 is 1.37 bits per heavy atom. The molecular weight excluding hydrogens is 238 g/mol. The average molecular weight is 254 g/mol. The number of ketones is 1. The summed E-state index contributed by atoms with van der Waals surface area (Å²) in [4.78, 5) is 13.0. The Balaban J connectivity index is 0.000000169. The fraction of sp³-hybridized carbons (Fsp3) is 0.133. The van der Waals surface area contributed by atoms with E-state index in [2.05, 4.69) is 24.3 Å². The van der Waals surface area contributed by atoms with Crippen LogP contribution in [0.5, 0.6) is 0 Å². The molecule has 4 heteroatoms. The highest BCUT2D eigenvalue weighted by molar-refractivity contribution is 5.95. The number of fused-ring (bicyclic) bond motifs is 1. The lowest BCUT2D eigenvalue weighted by Crippen LogP contribution is -1.94. The molecule has 0 saturated heterocycles. The molecule has 0 atom stereocenters. The van der Waals surface area contributed by atoms with Crippen LogP contribution in [0.4, 0.5) is 0 Å². The van der Waals surface area contributed by atoms with Crippen molar-refractivity contribution in [3.63, 3.8) is 0 Å². The number of hydrogen-bond donors (Lipinski definition) is 2. The second kappa shape index (κ2) is 7.69. The zero-order chi connectivity index (χ0) is 14.1. The summed E-state index contributed by atoms with van der Waals surface area (Å²) < 4.78 is 0. The zero-order valence-electron chi connectivity index (χ0n) is 10.8. The Bertz CT molecular complexity index is 535. The average Bonchev–Trinajstić information content (AvgIpc) is 2.44. The highest BCUT2D eigenvalue weighted by Crippen LogP contribution is 2.29. The monoisotopic (exact) mass is 254 g/mol. The van der Waals surface area contributed by atoms with Crippen molar-refractivity contribution in [3.8, 4) is 11.1 Å². The maximum absolute atomic E-state index is 11.0. The van der Waals surface area contributed by atoms with E-state index in [-0.39, 0.29) is 5.78 Å². The van der Waals surface area contributed by atoms with Crippen molar-refractivity contribution in [3.05, 3.63) is 60.2 Å². The first kappa shape index (κ1) is 14.5. The Hall–Kier alpha value is -2.58. The highest BCUT2D eigenvalue weighted by Gasteiger charge is 2.04. The van der Waals surface area contributed by atoms with E-state index < -0.39 is 0 Å². The molecule has 0 bridgehead atoms. The summed E-state index contributed by atoms with van der Waals surface area (Å²) in [6.45, 7) is 1.87. The number of Topliss-reactive ketones (excluding diaryl/α,β-unsaturated/α-hetero) is 1. The second-order valence-corrected chi connectivity index (χ2v) is 3.83. The molecule has 2 aliphatic rings. The fourth-order valence-corrected chi connectivity index (χ4v) is 1.49. The molecule has 0 aliphatic heterocycles. The van der Waals surface area contributed by atoms with Crippen molar-refractivity contribution >= 4 is 5.78 Å². The smallest absolute Gasteiger partial charge is 0.211 e. The summed E-state index contributed by atoms with van der Waals surface area (Å²) >= 11 is 0. The Morgan fingerprint density at radius 1 is 0.947 bits per heavy atom. The van der Waals surface area contributed by atoms with Gasteiger partial charge in [0.1, 0.15) is 11.1 Å². The summed E-state index contributed by atoms with van der Waals surface area (Å²) in [5.41, 5.74) is 14.7. The number of carbonyl (C=O) groups is 1. The van der Waals surface area contributed by atoms with Gasteiger partial charge in [0.05, 0.1) is 0 Å². The first-order valence-corrected chi connectivity index (χ1v) is 5.94. The van der Waals surface area contributed by atoms with Gasteiger partial charge in [0, 0.05) is 12.0 Å². The van der Waals surface area contributed by atoms with E-state index in [1.807, 2.05) is 42.2 Å². The van der Waals surface area contributed by atoms with Crippen LogP contribution >= 0.6 is 0 Å². The lowest BCUT2D eigenvalue weighted by Gasteiger charge is -2.10. The van der Waals surface area contributed by atoms with Gasteiger partial charge in [-0.3, -0.25) is 4.79 Å². The lowest BCUT2D eigenvalue weighted by molar-refractivity contribution is 0.0988. The molecule has 0 radical (unpaired) electrons. The van der Waals surface area contributed by atoms with Crippen molar-refractivity contribution in [2.75, 3.05) is 0 Å². The summed E-state index contributed by atoms with van der Waals surface area (Å²) in [5.74, 6) is 0.209. The van der Waals surface area contributed by atoms with Crippen LogP contribution < -0.4 is 4.91 Å². The van der Waals surface area contributed by atoms with Crippen molar-refractivity contribution in [2.45, 2.75) is 13.3 Å². The molecule has 96 valence electrons. The highest BCUT2D eigenvalue weighted by atomic mass is 16.1. The molecule has 0 fully saturated rings. The van der Waals surface area contributed by atoms with Gasteiger partial charge in [-0.1, -0.05) is 61.5 Å². The van der Waals surface area contributed by atoms with Crippen LogP contribution in [-0.4, -0.2) is 5.78 Å². The van der Waals surface area contributed by atoms with Gasteiger partial charge in [-0.05, 0) is 11.1 Å². The van der Waals surface area contributed by atoms with E-state index in [0.29, 0.717) is 6.42 Å². The molecule has 2 aliphatic carbocycles. The number of hydrogen-bond acceptors (Lipinski definition) is 3. The molecule has 1 aromatic carbocycles. The lowest BCUT2D eigenvalue weighted by atomic mass is 9.95. The SMILES string of the molecule is CCC(=O)c1ccccc1.N=[N+]=N.c1cc2ccc1-2. The van der Waals surface area contributed by atoms with Crippen LogP contribution in [0, 0.1) is 11.1 Å². The zero-order valence-corrected chi connectivity index (χ0v) is 10.8. The van der Waals surface area contributed by atoms with Gasteiger partial charge in [-0.2, -0.15) is 0 Å².